The fourth-order valence-corrected chi connectivity index (χ4v) is 1.98. The van der Waals surface area contributed by atoms with Crippen LogP contribution < -0.4 is 11.1 Å². The molecule has 0 saturated heterocycles. The van der Waals surface area contributed by atoms with Gasteiger partial charge in [-0.05, 0) is 13.3 Å². The van der Waals surface area contributed by atoms with E-state index < -0.39 is 0 Å². The second-order valence-corrected chi connectivity index (χ2v) is 5.21. The number of hydrogen-bond donors (Lipinski definition) is 4. The van der Waals surface area contributed by atoms with Crippen molar-refractivity contribution in [1.29, 1.82) is 0 Å². The Morgan fingerprint density at radius 1 is 1.65 bits per heavy atom. The first-order valence-electron chi connectivity index (χ1n) is 5.63. The van der Waals surface area contributed by atoms with Gasteiger partial charge >= 0.3 is 0 Å². The number of hydrogen-bond acceptors (Lipinski definition) is 4. The zero-order valence-corrected chi connectivity index (χ0v) is 10.2. The number of aromatic nitrogens is 2. The predicted molar refractivity (Wildman–Crippen MR) is 63.4 cm³/mol. The van der Waals surface area contributed by atoms with Gasteiger partial charge in [0, 0.05) is 11.5 Å². The monoisotopic (exact) mass is 238 g/mol. The molecule has 17 heavy (non-hydrogen) atoms. The van der Waals surface area contributed by atoms with E-state index in [1.165, 1.54) is 0 Å². The lowest BCUT2D eigenvalue weighted by Gasteiger charge is -2.49. The summed E-state index contributed by atoms with van der Waals surface area (Å²) in [6, 6.07) is -0.0404. The third-order valence-corrected chi connectivity index (χ3v) is 3.73. The average molecular weight is 238 g/mol. The van der Waals surface area contributed by atoms with Crippen LogP contribution in [0.2, 0.25) is 0 Å². The first kappa shape index (κ1) is 11.9. The molecule has 0 bridgehead atoms. The fraction of sp³-hybridized carbons (Fsp3) is 0.636. The molecule has 6 heteroatoms. The van der Waals surface area contributed by atoms with Crippen molar-refractivity contribution in [1.82, 2.24) is 15.5 Å². The molecule has 1 aliphatic carbocycles. The summed E-state index contributed by atoms with van der Waals surface area (Å²) < 4.78 is 0. The summed E-state index contributed by atoms with van der Waals surface area (Å²) in [5, 5.41) is 19.0. The van der Waals surface area contributed by atoms with Gasteiger partial charge in [-0.3, -0.25) is 9.89 Å². The molecule has 2 rings (SSSR count). The number of nitrogens with one attached hydrogen (secondary N) is 2. The summed E-state index contributed by atoms with van der Waals surface area (Å²) in [7, 11) is 0. The highest BCUT2D eigenvalue weighted by Crippen LogP contribution is 2.40. The fourth-order valence-electron chi connectivity index (χ4n) is 1.98. The molecule has 2 atom stereocenters. The van der Waals surface area contributed by atoms with E-state index in [0.717, 1.165) is 0 Å². The first-order valence-corrected chi connectivity index (χ1v) is 5.63. The Labute approximate surface area is 99.6 Å². The summed E-state index contributed by atoms with van der Waals surface area (Å²) in [5.41, 5.74) is 6.71. The Bertz CT molecular complexity index is 452. The average Bonchev–Trinajstić information content (AvgIpc) is 2.59. The number of rotatable bonds is 2. The molecule has 0 aromatic carbocycles. The van der Waals surface area contributed by atoms with Crippen molar-refractivity contribution in [3.8, 4) is 0 Å². The molecule has 1 aromatic heterocycles. The van der Waals surface area contributed by atoms with E-state index in [1.807, 2.05) is 13.8 Å². The number of aromatic amines is 1. The van der Waals surface area contributed by atoms with Gasteiger partial charge in [0.15, 0.2) is 5.69 Å². The van der Waals surface area contributed by atoms with Gasteiger partial charge in [-0.2, -0.15) is 5.10 Å². The van der Waals surface area contributed by atoms with Gasteiger partial charge < -0.3 is 16.2 Å². The minimum atomic E-state index is -0.369. The van der Waals surface area contributed by atoms with Crippen LogP contribution in [0.1, 0.15) is 36.5 Å². The maximum Gasteiger partial charge on any atom is 0.274 e. The standard InChI is InChI=1S/C11H18N4O2/c1-5-8(12)9(15-14-5)10(17)13-6-4-7(16)11(6,2)3/h6-7,16H,4,12H2,1-3H3,(H,13,17)(H,14,15). The molecule has 5 N–H and O–H groups in total. The number of H-pyrrole nitrogens is 1. The van der Waals surface area contributed by atoms with Crippen LogP contribution in [0.25, 0.3) is 0 Å². The molecule has 0 aliphatic heterocycles. The smallest absolute Gasteiger partial charge is 0.274 e. The molecule has 2 unspecified atom stereocenters. The Morgan fingerprint density at radius 3 is 2.71 bits per heavy atom. The molecule has 1 amide bonds. The normalized spacial score (nSPS) is 26.4. The maximum atomic E-state index is 11.9. The summed E-state index contributed by atoms with van der Waals surface area (Å²) in [6.07, 6.45) is 0.202. The van der Waals surface area contributed by atoms with Gasteiger partial charge in [-0.15, -0.1) is 0 Å². The van der Waals surface area contributed by atoms with Crippen molar-refractivity contribution in [3.63, 3.8) is 0 Å². The van der Waals surface area contributed by atoms with Crippen molar-refractivity contribution >= 4 is 11.6 Å². The van der Waals surface area contributed by atoms with Gasteiger partial charge in [0.1, 0.15) is 0 Å². The predicted octanol–water partition coefficient (Wildman–Crippen LogP) is 0.190. The highest BCUT2D eigenvalue weighted by Gasteiger charge is 2.48. The van der Waals surface area contributed by atoms with E-state index in [0.29, 0.717) is 17.8 Å². The van der Waals surface area contributed by atoms with Crippen LogP contribution in [-0.4, -0.2) is 33.4 Å². The SMILES string of the molecule is Cc1[nH]nc(C(=O)NC2CC(O)C2(C)C)c1N. The van der Waals surface area contributed by atoms with Crippen molar-refractivity contribution in [2.75, 3.05) is 5.73 Å². The number of nitrogen functional groups attached to an aromatic ring is 1. The number of aliphatic hydroxyl groups excluding tert-OH is 1. The van der Waals surface area contributed by atoms with E-state index in [9.17, 15) is 9.90 Å². The van der Waals surface area contributed by atoms with Gasteiger partial charge in [0.05, 0.1) is 17.5 Å². The van der Waals surface area contributed by atoms with Gasteiger partial charge in [0.25, 0.3) is 5.91 Å². The third-order valence-electron chi connectivity index (χ3n) is 3.73. The highest BCUT2D eigenvalue weighted by atomic mass is 16.3. The van der Waals surface area contributed by atoms with Gasteiger partial charge in [-0.25, -0.2) is 0 Å². The van der Waals surface area contributed by atoms with E-state index in [4.69, 9.17) is 5.73 Å². The third kappa shape index (κ3) is 1.78. The molecule has 1 aromatic rings. The molecule has 1 aliphatic rings. The van der Waals surface area contributed by atoms with E-state index in [1.54, 1.807) is 6.92 Å². The molecular weight excluding hydrogens is 220 g/mol. The molecule has 1 fully saturated rings. The van der Waals surface area contributed by atoms with Crippen LogP contribution in [0, 0.1) is 12.3 Å². The molecular formula is C11H18N4O2. The zero-order chi connectivity index (χ0) is 12.8. The quantitative estimate of drug-likeness (QED) is 0.590. The van der Waals surface area contributed by atoms with Crippen LogP contribution in [-0.2, 0) is 0 Å². The van der Waals surface area contributed by atoms with Crippen LogP contribution in [0.15, 0.2) is 0 Å². The van der Waals surface area contributed by atoms with Crippen molar-refractivity contribution in [2.24, 2.45) is 5.41 Å². The van der Waals surface area contributed by atoms with Crippen LogP contribution in [0.5, 0.6) is 0 Å². The summed E-state index contributed by atoms with van der Waals surface area (Å²) >= 11 is 0. The number of amides is 1. The summed E-state index contributed by atoms with van der Waals surface area (Å²) in [6.45, 7) is 5.60. The number of carbonyl (C=O) groups excluding carboxylic acids is 1. The van der Waals surface area contributed by atoms with Crippen LogP contribution >= 0.6 is 0 Å². The number of nitrogens with zero attached hydrogens (tertiary/aromatic N) is 1. The molecule has 1 heterocycles. The van der Waals surface area contributed by atoms with Crippen LogP contribution in [0.4, 0.5) is 5.69 Å². The van der Waals surface area contributed by atoms with Gasteiger partial charge in [0.2, 0.25) is 0 Å². The Balaban J connectivity index is 2.06. The van der Waals surface area contributed by atoms with E-state index in [2.05, 4.69) is 15.5 Å². The Kier molecular flexibility index (Phi) is 2.61. The van der Waals surface area contributed by atoms with Crippen molar-refractivity contribution < 1.29 is 9.90 Å². The number of carbonyl (C=O) groups is 1. The first-order chi connectivity index (χ1) is 7.84. The molecule has 94 valence electrons. The number of anilines is 1. The number of aryl methyl sites for hydroxylation is 1. The molecule has 1 saturated carbocycles. The van der Waals surface area contributed by atoms with E-state index in [-0.39, 0.29) is 29.2 Å². The van der Waals surface area contributed by atoms with Gasteiger partial charge in [-0.1, -0.05) is 13.8 Å². The maximum absolute atomic E-state index is 11.9. The largest absolute Gasteiger partial charge is 0.395 e. The highest BCUT2D eigenvalue weighted by molar-refractivity contribution is 5.97. The van der Waals surface area contributed by atoms with Crippen molar-refractivity contribution in [3.05, 3.63) is 11.4 Å². The number of aliphatic hydroxyl groups is 1. The van der Waals surface area contributed by atoms with Crippen molar-refractivity contribution in [2.45, 2.75) is 39.3 Å². The lowest BCUT2D eigenvalue weighted by atomic mass is 9.64. The zero-order valence-electron chi connectivity index (χ0n) is 10.2. The van der Waals surface area contributed by atoms with E-state index >= 15 is 0 Å². The molecule has 0 spiro atoms. The molecule has 6 nitrogen and oxygen atoms in total. The number of nitrogens with two attached hydrogens (primary N) is 1. The lowest BCUT2D eigenvalue weighted by molar-refractivity contribution is -0.0689. The summed E-state index contributed by atoms with van der Waals surface area (Å²) in [4.78, 5) is 11.9. The second-order valence-electron chi connectivity index (χ2n) is 5.21. The minimum Gasteiger partial charge on any atom is -0.395 e. The molecule has 0 radical (unpaired) electrons. The Morgan fingerprint density at radius 2 is 2.29 bits per heavy atom. The summed E-state index contributed by atoms with van der Waals surface area (Å²) in [5.74, 6) is -0.295. The van der Waals surface area contributed by atoms with Crippen LogP contribution in [0.3, 0.4) is 0 Å². The second kappa shape index (κ2) is 3.73. The lowest BCUT2D eigenvalue weighted by Crippen LogP contribution is -2.61. The topological polar surface area (TPSA) is 104 Å². The minimum absolute atomic E-state index is 0.0404. The Hall–Kier alpha value is -1.56.